The molecular weight excluding hydrogens is 492 g/mol. The fourth-order valence-electron chi connectivity index (χ4n) is 5.57. The summed E-state index contributed by atoms with van der Waals surface area (Å²) in [6, 6.07) is -0.395. The summed E-state index contributed by atoms with van der Waals surface area (Å²) in [5.74, 6) is 0.399. The Balaban J connectivity index is 3.65. The molecule has 0 aliphatic heterocycles. The van der Waals surface area contributed by atoms with Crippen molar-refractivity contribution < 1.29 is 9.59 Å². The lowest BCUT2D eigenvalue weighted by Gasteiger charge is -2.20. The number of hydrogen-bond acceptors (Lipinski definition) is 2. The van der Waals surface area contributed by atoms with Gasteiger partial charge in [0, 0.05) is 13.0 Å². The minimum absolute atomic E-state index is 0.0104. The van der Waals surface area contributed by atoms with Crippen molar-refractivity contribution in [2.24, 2.45) is 5.92 Å². The molecule has 40 heavy (non-hydrogen) atoms. The molecule has 0 saturated carbocycles. The monoisotopic (exact) mass is 565 g/mol. The summed E-state index contributed by atoms with van der Waals surface area (Å²) in [5.41, 5.74) is 0. The second-order valence-corrected chi connectivity index (χ2v) is 12.9. The SMILES string of the molecule is CCCCCCCCCCCCCCCCCCCCCC(=O)NC(CC(C)C)C(=O)NCCCCCCCC. The maximum Gasteiger partial charge on any atom is 0.242 e. The minimum Gasteiger partial charge on any atom is -0.354 e. The van der Waals surface area contributed by atoms with Crippen LogP contribution < -0.4 is 10.6 Å². The van der Waals surface area contributed by atoms with Crippen LogP contribution in [0.5, 0.6) is 0 Å². The van der Waals surface area contributed by atoms with Crippen LogP contribution in [0.2, 0.25) is 0 Å². The molecule has 0 aromatic carbocycles. The van der Waals surface area contributed by atoms with Crippen molar-refractivity contribution in [1.29, 1.82) is 0 Å². The van der Waals surface area contributed by atoms with Gasteiger partial charge in [0.05, 0.1) is 0 Å². The van der Waals surface area contributed by atoms with Gasteiger partial charge in [0.1, 0.15) is 6.04 Å². The molecule has 0 aromatic rings. The van der Waals surface area contributed by atoms with E-state index in [4.69, 9.17) is 0 Å². The predicted octanol–water partition coefficient (Wildman–Crippen LogP) is 10.8. The maximum atomic E-state index is 12.7. The molecule has 0 saturated heterocycles. The highest BCUT2D eigenvalue weighted by Gasteiger charge is 2.21. The Morgan fingerprint density at radius 1 is 0.500 bits per heavy atom. The van der Waals surface area contributed by atoms with Gasteiger partial charge >= 0.3 is 0 Å². The molecule has 2 N–H and O–H groups in total. The second-order valence-electron chi connectivity index (χ2n) is 12.9. The normalized spacial score (nSPS) is 12.1. The number of rotatable bonds is 31. The number of carbonyl (C=O) groups excluding carboxylic acids is 2. The third-order valence-corrected chi connectivity index (χ3v) is 8.20. The summed E-state index contributed by atoms with van der Waals surface area (Å²) in [4.78, 5) is 25.2. The van der Waals surface area contributed by atoms with Crippen LogP contribution in [0, 0.1) is 5.92 Å². The largest absolute Gasteiger partial charge is 0.354 e. The molecule has 2 amide bonds. The van der Waals surface area contributed by atoms with Crippen molar-refractivity contribution in [3.8, 4) is 0 Å². The molecule has 0 radical (unpaired) electrons. The van der Waals surface area contributed by atoms with Gasteiger partial charge in [0.15, 0.2) is 0 Å². The topological polar surface area (TPSA) is 58.2 Å². The van der Waals surface area contributed by atoms with Crippen molar-refractivity contribution in [1.82, 2.24) is 10.6 Å². The zero-order valence-corrected chi connectivity index (χ0v) is 27.8. The van der Waals surface area contributed by atoms with Gasteiger partial charge in [-0.05, 0) is 25.2 Å². The number of amides is 2. The lowest BCUT2D eigenvalue weighted by atomic mass is 10.0. The van der Waals surface area contributed by atoms with Crippen molar-refractivity contribution in [3.63, 3.8) is 0 Å². The van der Waals surface area contributed by atoms with Crippen molar-refractivity contribution in [3.05, 3.63) is 0 Å². The van der Waals surface area contributed by atoms with Gasteiger partial charge in [0.25, 0.3) is 0 Å². The standard InChI is InChI=1S/C36H72N2O2/c1-5-7-9-11-13-14-15-16-17-18-19-20-21-22-23-24-25-26-28-30-35(39)38-34(32-33(3)4)36(40)37-31-29-27-12-10-8-6-2/h33-34H,5-32H2,1-4H3,(H,37,40)(H,38,39). The van der Waals surface area contributed by atoms with E-state index in [-0.39, 0.29) is 11.8 Å². The Kier molecular flexibility index (Phi) is 30.1. The summed E-state index contributed by atoms with van der Waals surface area (Å²) >= 11 is 0. The average molecular weight is 565 g/mol. The fraction of sp³-hybridized carbons (Fsp3) is 0.944. The highest BCUT2D eigenvalue weighted by atomic mass is 16.2. The molecule has 0 aliphatic carbocycles. The quantitative estimate of drug-likeness (QED) is 0.0823. The van der Waals surface area contributed by atoms with Crippen LogP contribution in [-0.4, -0.2) is 24.4 Å². The molecule has 0 rings (SSSR count). The van der Waals surface area contributed by atoms with Crippen LogP contribution >= 0.6 is 0 Å². The Bertz CT molecular complexity index is 549. The third-order valence-electron chi connectivity index (χ3n) is 8.20. The van der Waals surface area contributed by atoms with Crippen molar-refractivity contribution >= 4 is 11.8 Å². The molecule has 0 spiro atoms. The van der Waals surface area contributed by atoms with Crippen LogP contribution in [-0.2, 0) is 9.59 Å². The highest BCUT2D eigenvalue weighted by molar-refractivity contribution is 5.87. The third kappa shape index (κ3) is 28.5. The Morgan fingerprint density at radius 2 is 0.850 bits per heavy atom. The first-order valence-corrected chi connectivity index (χ1v) is 18.1. The van der Waals surface area contributed by atoms with E-state index in [9.17, 15) is 9.59 Å². The molecule has 0 aromatic heterocycles. The highest BCUT2D eigenvalue weighted by Crippen LogP contribution is 2.15. The lowest BCUT2D eigenvalue weighted by Crippen LogP contribution is -2.47. The van der Waals surface area contributed by atoms with Gasteiger partial charge < -0.3 is 10.6 Å². The van der Waals surface area contributed by atoms with Gasteiger partial charge in [-0.2, -0.15) is 0 Å². The first-order valence-electron chi connectivity index (χ1n) is 18.1. The number of unbranched alkanes of at least 4 members (excludes halogenated alkanes) is 23. The van der Waals surface area contributed by atoms with Crippen LogP contribution in [0.3, 0.4) is 0 Å². The maximum absolute atomic E-state index is 12.7. The number of nitrogens with one attached hydrogen (secondary N) is 2. The van der Waals surface area contributed by atoms with Crippen LogP contribution in [0.1, 0.15) is 201 Å². The molecule has 4 heteroatoms. The molecule has 0 heterocycles. The summed E-state index contributed by atoms with van der Waals surface area (Å²) in [6.45, 7) is 9.45. The fourth-order valence-corrected chi connectivity index (χ4v) is 5.57. The summed E-state index contributed by atoms with van der Waals surface area (Å²) in [5, 5.41) is 6.08. The number of hydrogen-bond donors (Lipinski definition) is 2. The Morgan fingerprint density at radius 3 is 1.23 bits per heavy atom. The van der Waals surface area contributed by atoms with E-state index in [1.165, 1.54) is 141 Å². The van der Waals surface area contributed by atoms with E-state index < -0.39 is 6.04 Å². The molecule has 4 nitrogen and oxygen atoms in total. The lowest BCUT2D eigenvalue weighted by molar-refractivity contribution is -0.129. The molecule has 0 fully saturated rings. The van der Waals surface area contributed by atoms with Gasteiger partial charge in [0.2, 0.25) is 11.8 Å². The first-order chi connectivity index (χ1) is 19.5. The molecular formula is C36H72N2O2. The van der Waals surface area contributed by atoms with Crippen LogP contribution in [0.15, 0.2) is 0 Å². The van der Waals surface area contributed by atoms with Gasteiger partial charge in [-0.1, -0.05) is 175 Å². The second kappa shape index (κ2) is 30.9. The average Bonchev–Trinajstić information content (AvgIpc) is 2.93. The van der Waals surface area contributed by atoms with Gasteiger partial charge in [-0.3, -0.25) is 9.59 Å². The predicted molar refractivity (Wildman–Crippen MR) is 176 cm³/mol. The Hall–Kier alpha value is -1.06. The minimum atomic E-state index is -0.395. The van der Waals surface area contributed by atoms with E-state index in [0.717, 1.165) is 19.3 Å². The first kappa shape index (κ1) is 38.9. The van der Waals surface area contributed by atoms with E-state index >= 15 is 0 Å². The van der Waals surface area contributed by atoms with E-state index in [1.807, 2.05) is 0 Å². The molecule has 1 atom stereocenters. The zero-order chi connectivity index (χ0) is 29.5. The molecule has 238 valence electrons. The number of carbonyl (C=O) groups is 2. The van der Waals surface area contributed by atoms with Gasteiger partial charge in [-0.25, -0.2) is 0 Å². The van der Waals surface area contributed by atoms with Crippen molar-refractivity contribution in [2.75, 3.05) is 6.54 Å². The molecule has 1 unspecified atom stereocenters. The van der Waals surface area contributed by atoms with E-state index in [0.29, 0.717) is 25.3 Å². The van der Waals surface area contributed by atoms with Gasteiger partial charge in [-0.15, -0.1) is 0 Å². The van der Waals surface area contributed by atoms with E-state index in [2.05, 4.69) is 38.3 Å². The smallest absolute Gasteiger partial charge is 0.242 e. The van der Waals surface area contributed by atoms with Crippen LogP contribution in [0.4, 0.5) is 0 Å². The zero-order valence-electron chi connectivity index (χ0n) is 27.8. The van der Waals surface area contributed by atoms with Crippen molar-refractivity contribution in [2.45, 2.75) is 207 Å². The summed E-state index contributed by atoms with van der Waals surface area (Å²) in [6.07, 6.45) is 34.3. The molecule has 0 bridgehead atoms. The summed E-state index contributed by atoms with van der Waals surface area (Å²) < 4.78 is 0. The Labute approximate surface area is 251 Å². The van der Waals surface area contributed by atoms with E-state index in [1.54, 1.807) is 0 Å². The summed E-state index contributed by atoms with van der Waals surface area (Å²) in [7, 11) is 0. The molecule has 0 aliphatic rings. The van der Waals surface area contributed by atoms with Crippen LogP contribution in [0.25, 0.3) is 0 Å².